The molecule has 4 rings (SSSR count). The molecule has 0 spiro atoms. The summed E-state index contributed by atoms with van der Waals surface area (Å²) in [4.78, 5) is 34.2. The van der Waals surface area contributed by atoms with Crippen LogP contribution in [0, 0.1) is 0 Å². The largest absolute Gasteiger partial charge is 0.449 e. The summed E-state index contributed by atoms with van der Waals surface area (Å²) in [6.45, 7) is 2.15. The third-order valence-corrected chi connectivity index (χ3v) is 5.70. The predicted octanol–water partition coefficient (Wildman–Crippen LogP) is 4.85. The number of nitrogens with one attached hydrogen (secondary N) is 1. The van der Waals surface area contributed by atoms with Crippen molar-refractivity contribution in [1.29, 1.82) is 0 Å². The number of aromatic nitrogens is 2. The fraction of sp³-hybridized carbons (Fsp3) is 0.308. The number of esters is 1. The average molecular weight is 430 g/mol. The highest BCUT2D eigenvalue weighted by molar-refractivity contribution is 6.05. The highest BCUT2D eigenvalue weighted by atomic mass is 16.5. The number of para-hydroxylation sites is 1. The number of allylic oxidation sites excluding steroid dienone is 1. The van der Waals surface area contributed by atoms with Crippen LogP contribution < -0.4 is 5.32 Å². The molecule has 164 valence electrons. The molecule has 2 aromatic heterocycles. The first kappa shape index (κ1) is 21.7. The first-order valence-electron chi connectivity index (χ1n) is 11.1. The summed E-state index contributed by atoms with van der Waals surface area (Å²) in [7, 11) is 0. The van der Waals surface area contributed by atoms with Gasteiger partial charge in [-0.25, -0.2) is 9.78 Å². The van der Waals surface area contributed by atoms with Crippen molar-refractivity contribution in [3.05, 3.63) is 72.1 Å². The zero-order chi connectivity index (χ0) is 22.3. The van der Waals surface area contributed by atoms with Crippen LogP contribution in [0.3, 0.4) is 0 Å². The lowest BCUT2D eigenvalue weighted by molar-refractivity contribution is -0.129. The van der Waals surface area contributed by atoms with Gasteiger partial charge in [-0.05, 0) is 63.3 Å². The van der Waals surface area contributed by atoms with Crippen molar-refractivity contribution in [2.45, 2.75) is 45.1 Å². The Morgan fingerprint density at radius 2 is 1.94 bits per heavy atom. The van der Waals surface area contributed by atoms with E-state index in [-0.39, 0.29) is 5.91 Å². The fourth-order valence-corrected chi connectivity index (χ4v) is 3.91. The third-order valence-electron chi connectivity index (χ3n) is 5.70. The molecular formula is C26H27N3O3. The van der Waals surface area contributed by atoms with Crippen molar-refractivity contribution >= 4 is 22.8 Å². The lowest BCUT2D eigenvalue weighted by atomic mass is 9.97. The second-order valence-electron chi connectivity index (χ2n) is 8.00. The molecule has 32 heavy (non-hydrogen) atoms. The highest BCUT2D eigenvalue weighted by Gasteiger charge is 2.21. The molecule has 1 N–H and O–H groups in total. The Labute approximate surface area is 187 Å². The Hall–Kier alpha value is -3.54. The molecule has 0 fully saturated rings. The van der Waals surface area contributed by atoms with Gasteiger partial charge in [-0.15, -0.1) is 0 Å². The molecule has 1 atom stereocenters. The minimum Gasteiger partial charge on any atom is -0.449 e. The molecule has 0 aliphatic heterocycles. The number of rotatable bonds is 7. The number of benzene rings is 1. The van der Waals surface area contributed by atoms with Crippen LogP contribution in [0.15, 0.2) is 66.5 Å². The summed E-state index contributed by atoms with van der Waals surface area (Å²) >= 11 is 0. The van der Waals surface area contributed by atoms with Gasteiger partial charge in [0.2, 0.25) is 0 Å². The SMILES string of the molecule is CC(OC(=O)c1cc(-c2ccncc2)nc2ccccc12)C(=O)NCCC1=CCCCC1. The van der Waals surface area contributed by atoms with E-state index in [0.717, 1.165) is 24.8 Å². The third kappa shape index (κ3) is 5.19. The minimum absolute atomic E-state index is 0.289. The van der Waals surface area contributed by atoms with Gasteiger partial charge in [0.05, 0.1) is 16.8 Å². The maximum absolute atomic E-state index is 13.0. The van der Waals surface area contributed by atoms with Gasteiger partial charge in [0.15, 0.2) is 6.10 Å². The lowest BCUT2D eigenvalue weighted by Gasteiger charge is -2.16. The molecule has 6 heteroatoms. The van der Waals surface area contributed by atoms with E-state index in [1.807, 2.05) is 36.4 Å². The van der Waals surface area contributed by atoms with Crippen LogP contribution in [0.25, 0.3) is 22.2 Å². The number of nitrogens with zero attached hydrogens (tertiary/aromatic N) is 2. The molecule has 1 aliphatic rings. The molecule has 0 radical (unpaired) electrons. The standard InChI is InChI=1S/C26H27N3O3/c1-18(25(30)28-16-11-19-7-3-2-4-8-19)32-26(31)22-17-24(20-12-14-27-15-13-20)29-23-10-6-5-9-21(22)23/h5-7,9-10,12-15,17-18H,2-4,8,11,16H2,1H3,(H,28,30). The molecule has 0 bridgehead atoms. The number of hydrogen-bond acceptors (Lipinski definition) is 5. The molecule has 0 saturated heterocycles. The quantitative estimate of drug-likeness (QED) is 0.429. The van der Waals surface area contributed by atoms with Gasteiger partial charge >= 0.3 is 5.97 Å². The van der Waals surface area contributed by atoms with Gasteiger partial charge in [0.25, 0.3) is 5.91 Å². The molecule has 1 aromatic carbocycles. The number of hydrogen-bond donors (Lipinski definition) is 1. The molecule has 2 heterocycles. The molecule has 6 nitrogen and oxygen atoms in total. The van der Waals surface area contributed by atoms with E-state index in [4.69, 9.17) is 4.74 Å². The summed E-state index contributed by atoms with van der Waals surface area (Å²) < 4.78 is 5.53. The van der Waals surface area contributed by atoms with E-state index in [1.165, 1.54) is 18.4 Å². The van der Waals surface area contributed by atoms with Crippen LogP contribution in [0.1, 0.15) is 49.4 Å². The van der Waals surface area contributed by atoms with Crippen LogP contribution in [0.2, 0.25) is 0 Å². The van der Waals surface area contributed by atoms with E-state index in [2.05, 4.69) is 21.4 Å². The van der Waals surface area contributed by atoms with E-state index < -0.39 is 12.1 Å². The maximum Gasteiger partial charge on any atom is 0.339 e. The summed E-state index contributed by atoms with van der Waals surface area (Å²) in [6, 6.07) is 12.8. The Balaban J connectivity index is 1.46. The first-order chi connectivity index (χ1) is 15.6. The number of pyridine rings is 2. The Morgan fingerprint density at radius 3 is 2.72 bits per heavy atom. The monoisotopic (exact) mass is 429 g/mol. The molecular weight excluding hydrogens is 402 g/mol. The number of ether oxygens (including phenoxy) is 1. The summed E-state index contributed by atoms with van der Waals surface area (Å²) in [6.07, 6.45) is 10.3. The Bertz CT molecular complexity index is 1140. The summed E-state index contributed by atoms with van der Waals surface area (Å²) in [5.74, 6) is -0.834. The van der Waals surface area contributed by atoms with Gasteiger partial charge < -0.3 is 10.1 Å². The molecule has 1 aliphatic carbocycles. The maximum atomic E-state index is 13.0. The van der Waals surface area contributed by atoms with Crippen LogP contribution >= 0.6 is 0 Å². The predicted molar refractivity (Wildman–Crippen MR) is 124 cm³/mol. The van der Waals surface area contributed by atoms with Gasteiger partial charge in [-0.2, -0.15) is 0 Å². The second-order valence-corrected chi connectivity index (χ2v) is 8.00. The number of amides is 1. The van der Waals surface area contributed by atoms with Crippen molar-refractivity contribution in [1.82, 2.24) is 15.3 Å². The summed E-state index contributed by atoms with van der Waals surface area (Å²) in [5, 5.41) is 3.57. The van der Waals surface area contributed by atoms with Gasteiger partial charge in [0, 0.05) is 29.9 Å². The zero-order valence-electron chi connectivity index (χ0n) is 18.2. The van der Waals surface area contributed by atoms with Crippen LogP contribution in [0.5, 0.6) is 0 Å². The average Bonchev–Trinajstić information content (AvgIpc) is 2.84. The molecule has 3 aromatic rings. The first-order valence-corrected chi connectivity index (χ1v) is 11.1. The molecule has 1 amide bonds. The lowest BCUT2D eigenvalue weighted by Crippen LogP contribution is -2.36. The van der Waals surface area contributed by atoms with Crippen molar-refractivity contribution < 1.29 is 14.3 Å². The van der Waals surface area contributed by atoms with Crippen LogP contribution in [-0.2, 0) is 9.53 Å². The van der Waals surface area contributed by atoms with Gasteiger partial charge in [0.1, 0.15) is 0 Å². The van der Waals surface area contributed by atoms with E-state index >= 15 is 0 Å². The van der Waals surface area contributed by atoms with Crippen molar-refractivity contribution in [3.63, 3.8) is 0 Å². The van der Waals surface area contributed by atoms with E-state index in [9.17, 15) is 9.59 Å². The Kier molecular flexibility index (Phi) is 6.90. The van der Waals surface area contributed by atoms with Crippen LogP contribution in [0.4, 0.5) is 0 Å². The summed E-state index contributed by atoms with van der Waals surface area (Å²) in [5.41, 5.74) is 3.97. The van der Waals surface area contributed by atoms with Gasteiger partial charge in [-0.1, -0.05) is 29.8 Å². The zero-order valence-corrected chi connectivity index (χ0v) is 18.2. The number of carbonyl (C=O) groups excluding carboxylic acids is 2. The second kappa shape index (κ2) is 10.2. The number of carbonyl (C=O) groups is 2. The molecule has 0 saturated carbocycles. The van der Waals surface area contributed by atoms with Gasteiger partial charge in [-0.3, -0.25) is 9.78 Å². The van der Waals surface area contributed by atoms with Crippen LogP contribution in [-0.4, -0.2) is 34.5 Å². The smallest absolute Gasteiger partial charge is 0.339 e. The van der Waals surface area contributed by atoms with Crippen molar-refractivity contribution in [2.24, 2.45) is 0 Å². The molecule has 1 unspecified atom stereocenters. The normalized spacial score (nSPS) is 14.5. The van der Waals surface area contributed by atoms with E-state index in [1.54, 1.807) is 25.4 Å². The van der Waals surface area contributed by atoms with Crippen molar-refractivity contribution in [2.75, 3.05) is 6.54 Å². The van der Waals surface area contributed by atoms with Crippen molar-refractivity contribution in [3.8, 4) is 11.3 Å². The van der Waals surface area contributed by atoms with E-state index in [0.29, 0.717) is 28.7 Å². The topological polar surface area (TPSA) is 81.2 Å². The number of fused-ring (bicyclic) bond motifs is 1. The Morgan fingerprint density at radius 1 is 1.12 bits per heavy atom. The minimum atomic E-state index is -0.890. The fourth-order valence-electron chi connectivity index (χ4n) is 3.91. The highest BCUT2D eigenvalue weighted by Crippen LogP contribution is 2.25.